The minimum absolute atomic E-state index is 0.225. The average Bonchev–Trinajstić information content (AvgIpc) is 3.32. The van der Waals surface area contributed by atoms with Crippen LogP contribution in [-0.4, -0.2) is 35.2 Å². The number of carbonyl (C=O) groups excluding carboxylic acids is 1. The molecular formula is C21H23FN4O2S. The molecule has 152 valence electrons. The van der Waals surface area contributed by atoms with Gasteiger partial charge in [-0.1, -0.05) is 18.7 Å². The van der Waals surface area contributed by atoms with Crippen molar-refractivity contribution in [3.05, 3.63) is 71.3 Å². The van der Waals surface area contributed by atoms with Gasteiger partial charge in [-0.25, -0.2) is 9.37 Å². The van der Waals surface area contributed by atoms with Gasteiger partial charge in [-0.15, -0.1) is 11.3 Å². The molecule has 8 heteroatoms. The zero-order valence-corrected chi connectivity index (χ0v) is 17.3. The maximum absolute atomic E-state index is 14.4. The highest BCUT2D eigenvalue weighted by molar-refractivity contribution is 7.14. The molecular weight excluding hydrogens is 391 g/mol. The molecule has 0 saturated carbocycles. The Hall–Kier alpha value is -2.97. The second-order valence-electron chi connectivity index (χ2n) is 6.67. The zero-order valence-electron chi connectivity index (χ0n) is 16.5. The lowest BCUT2D eigenvalue weighted by molar-refractivity contribution is 0.0912. The standard InChI is InChI=1S/C21H23FN4O2S/c1-13-6-5-7-16(19(13)22)18-12-29-21(25-18)23-14(2)17(11-28-4)24-20(27)15-8-9-26(3)10-15/h5-10,12,17H,2,11H2,1,3-4H3,(H,23,25)(H,24,27). The highest BCUT2D eigenvalue weighted by Gasteiger charge is 2.19. The number of halogens is 1. The van der Waals surface area contributed by atoms with E-state index in [1.54, 1.807) is 60.6 Å². The molecule has 0 aliphatic carbocycles. The Morgan fingerprint density at radius 1 is 1.41 bits per heavy atom. The third kappa shape index (κ3) is 4.90. The van der Waals surface area contributed by atoms with Crippen LogP contribution >= 0.6 is 11.3 Å². The van der Waals surface area contributed by atoms with Crippen LogP contribution in [0.1, 0.15) is 15.9 Å². The van der Waals surface area contributed by atoms with Crippen LogP contribution in [0.25, 0.3) is 11.3 Å². The summed E-state index contributed by atoms with van der Waals surface area (Å²) in [6, 6.07) is 6.49. The first-order valence-corrected chi connectivity index (χ1v) is 9.85. The van der Waals surface area contributed by atoms with Crippen LogP contribution in [0.15, 0.2) is 54.3 Å². The lowest BCUT2D eigenvalue weighted by Gasteiger charge is -2.20. The first-order chi connectivity index (χ1) is 13.9. The molecule has 0 fully saturated rings. The molecule has 0 aliphatic rings. The van der Waals surface area contributed by atoms with Gasteiger partial charge in [0.1, 0.15) is 5.82 Å². The minimum atomic E-state index is -0.462. The van der Waals surface area contributed by atoms with Gasteiger partial charge in [0.15, 0.2) is 5.13 Å². The zero-order chi connectivity index (χ0) is 21.0. The summed E-state index contributed by atoms with van der Waals surface area (Å²) < 4.78 is 21.4. The van der Waals surface area contributed by atoms with E-state index >= 15 is 0 Å². The van der Waals surface area contributed by atoms with Gasteiger partial charge in [0.25, 0.3) is 5.91 Å². The molecule has 2 heterocycles. The van der Waals surface area contributed by atoms with Gasteiger partial charge in [-0.05, 0) is 24.6 Å². The van der Waals surface area contributed by atoms with Crippen LogP contribution < -0.4 is 10.6 Å². The number of aromatic nitrogens is 2. The molecule has 0 spiro atoms. The number of nitrogens with zero attached hydrogens (tertiary/aromatic N) is 2. The van der Waals surface area contributed by atoms with Crippen molar-refractivity contribution in [3.63, 3.8) is 0 Å². The SMILES string of the molecule is C=C(Nc1nc(-c2cccc(C)c2F)cs1)C(COC)NC(=O)c1ccn(C)c1. The average molecular weight is 415 g/mol. The number of amides is 1. The first-order valence-electron chi connectivity index (χ1n) is 8.97. The van der Waals surface area contributed by atoms with Gasteiger partial charge in [0.2, 0.25) is 0 Å². The van der Waals surface area contributed by atoms with E-state index in [0.29, 0.717) is 33.2 Å². The Morgan fingerprint density at radius 2 is 2.21 bits per heavy atom. The molecule has 3 rings (SSSR count). The molecule has 0 radical (unpaired) electrons. The lowest BCUT2D eigenvalue weighted by Crippen LogP contribution is -2.41. The Bertz CT molecular complexity index is 1030. The number of ether oxygens (including phenoxy) is 1. The van der Waals surface area contributed by atoms with E-state index in [0.717, 1.165) is 0 Å². The number of hydrogen-bond acceptors (Lipinski definition) is 5. The quantitative estimate of drug-likeness (QED) is 0.585. The van der Waals surface area contributed by atoms with E-state index in [1.807, 2.05) is 7.05 Å². The van der Waals surface area contributed by atoms with Crippen LogP contribution in [-0.2, 0) is 11.8 Å². The molecule has 2 N–H and O–H groups in total. The summed E-state index contributed by atoms with van der Waals surface area (Å²) in [7, 11) is 3.40. The lowest BCUT2D eigenvalue weighted by atomic mass is 10.1. The molecule has 0 aliphatic heterocycles. The van der Waals surface area contributed by atoms with E-state index < -0.39 is 6.04 Å². The Balaban J connectivity index is 1.71. The van der Waals surface area contributed by atoms with Crippen LogP contribution in [0.3, 0.4) is 0 Å². The predicted octanol–water partition coefficient (Wildman–Crippen LogP) is 3.97. The highest BCUT2D eigenvalue weighted by atomic mass is 32.1. The number of benzene rings is 1. The van der Waals surface area contributed by atoms with E-state index in [9.17, 15) is 9.18 Å². The van der Waals surface area contributed by atoms with Crippen molar-refractivity contribution in [2.24, 2.45) is 7.05 Å². The molecule has 1 atom stereocenters. The first kappa shape index (κ1) is 20.8. The highest BCUT2D eigenvalue weighted by Crippen LogP contribution is 2.29. The van der Waals surface area contributed by atoms with Crippen LogP contribution in [0.5, 0.6) is 0 Å². The summed E-state index contributed by atoms with van der Waals surface area (Å²) in [6.07, 6.45) is 3.54. The minimum Gasteiger partial charge on any atom is -0.382 e. The molecule has 0 bridgehead atoms. The van der Waals surface area contributed by atoms with Crippen LogP contribution in [0.2, 0.25) is 0 Å². The number of anilines is 1. The monoisotopic (exact) mass is 414 g/mol. The third-order valence-corrected chi connectivity index (χ3v) is 5.15. The van der Waals surface area contributed by atoms with Gasteiger partial charge in [0.05, 0.1) is 23.9 Å². The number of nitrogens with one attached hydrogen (secondary N) is 2. The number of methoxy groups -OCH3 is 1. The summed E-state index contributed by atoms with van der Waals surface area (Å²) in [4.78, 5) is 16.9. The fourth-order valence-electron chi connectivity index (χ4n) is 2.80. The van der Waals surface area contributed by atoms with E-state index in [1.165, 1.54) is 11.3 Å². The number of thiazole rings is 1. The Labute approximate surface area is 173 Å². The van der Waals surface area contributed by atoms with E-state index in [2.05, 4.69) is 22.2 Å². The van der Waals surface area contributed by atoms with Gasteiger partial charge >= 0.3 is 0 Å². The summed E-state index contributed by atoms with van der Waals surface area (Å²) in [6.45, 7) is 5.98. The van der Waals surface area contributed by atoms with Gasteiger partial charge in [-0.2, -0.15) is 0 Å². The normalized spacial score (nSPS) is 11.9. The summed E-state index contributed by atoms with van der Waals surface area (Å²) >= 11 is 1.33. The number of rotatable bonds is 8. The molecule has 1 aromatic carbocycles. The number of aryl methyl sites for hydroxylation is 2. The van der Waals surface area contributed by atoms with Crippen molar-refractivity contribution >= 4 is 22.4 Å². The summed E-state index contributed by atoms with van der Waals surface area (Å²) in [5, 5.41) is 8.34. The Kier molecular flexibility index (Phi) is 6.46. The third-order valence-electron chi connectivity index (χ3n) is 4.39. The molecule has 0 saturated heterocycles. The number of hydrogen-bond donors (Lipinski definition) is 2. The molecule has 6 nitrogen and oxygen atoms in total. The second-order valence-corrected chi connectivity index (χ2v) is 7.53. The fourth-order valence-corrected chi connectivity index (χ4v) is 3.54. The fraction of sp³-hybridized carbons (Fsp3) is 0.238. The summed E-state index contributed by atoms with van der Waals surface area (Å²) in [5.41, 5.74) is 2.64. The number of carbonyl (C=O) groups is 1. The Morgan fingerprint density at radius 3 is 2.90 bits per heavy atom. The van der Waals surface area contributed by atoms with Crippen molar-refractivity contribution in [3.8, 4) is 11.3 Å². The van der Waals surface area contributed by atoms with Crippen LogP contribution in [0, 0.1) is 12.7 Å². The van der Waals surface area contributed by atoms with Crippen molar-refractivity contribution in [1.82, 2.24) is 14.9 Å². The van der Waals surface area contributed by atoms with Crippen molar-refractivity contribution in [1.29, 1.82) is 0 Å². The van der Waals surface area contributed by atoms with E-state index in [4.69, 9.17) is 4.74 Å². The van der Waals surface area contributed by atoms with Crippen molar-refractivity contribution < 1.29 is 13.9 Å². The summed E-state index contributed by atoms with van der Waals surface area (Å²) in [5.74, 6) is -0.507. The van der Waals surface area contributed by atoms with Gasteiger partial charge in [-0.3, -0.25) is 4.79 Å². The molecule has 1 amide bonds. The van der Waals surface area contributed by atoms with Crippen molar-refractivity contribution in [2.45, 2.75) is 13.0 Å². The van der Waals surface area contributed by atoms with Crippen molar-refractivity contribution in [2.75, 3.05) is 19.0 Å². The second kappa shape index (κ2) is 9.02. The largest absolute Gasteiger partial charge is 0.382 e. The van der Waals surface area contributed by atoms with Gasteiger partial charge < -0.3 is 19.9 Å². The smallest absolute Gasteiger partial charge is 0.253 e. The van der Waals surface area contributed by atoms with E-state index in [-0.39, 0.29) is 18.3 Å². The maximum Gasteiger partial charge on any atom is 0.253 e. The molecule has 1 unspecified atom stereocenters. The molecule has 2 aromatic heterocycles. The predicted molar refractivity (Wildman–Crippen MR) is 114 cm³/mol. The van der Waals surface area contributed by atoms with Crippen LogP contribution in [0.4, 0.5) is 9.52 Å². The topological polar surface area (TPSA) is 68.2 Å². The molecule has 29 heavy (non-hydrogen) atoms. The molecule has 3 aromatic rings. The maximum atomic E-state index is 14.4. The van der Waals surface area contributed by atoms with Gasteiger partial charge in [0, 0.05) is 43.2 Å².